The van der Waals surface area contributed by atoms with Crippen molar-refractivity contribution >= 4 is 26.9 Å². The smallest absolute Gasteiger partial charge is 0.324 e. The van der Waals surface area contributed by atoms with Gasteiger partial charge < -0.3 is 14.5 Å². The molecule has 0 amide bonds. The summed E-state index contributed by atoms with van der Waals surface area (Å²) in [4.78, 5) is 15.5. The van der Waals surface area contributed by atoms with Gasteiger partial charge in [-0.3, -0.25) is 4.79 Å². The highest BCUT2D eigenvalue weighted by Crippen LogP contribution is 2.21. The number of aromatic nitrogens is 1. The van der Waals surface area contributed by atoms with E-state index in [0.29, 0.717) is 12.4 Å². The molecule has 0 saturated carbocycles. The molecule has 1 aromatic heterocycles. The quantitative estimate of drug-likeness (QED) is 0.379. The fraction of sp³-hybridized carbons (Fsp3) is 0.318. The number of sulfonamides is 1. The second kappa shape index (κ2) is 9.77. The molecule has 0 radical (unpaired) electrons. The zero-order chi connectivity index (χ0) is 21.6. The number of para-hydroxylation sites is 1. The van der Waals surface area contributed by atoms with E-state index >= 15 is 0 Å². The van der Waals surface area contributed by atoms with Crippen LogP contribution in [0, 0.1) is 0 Å². The van der Waals surface area contributed by atoms with Gasteiger partial charge in [0.25, 0.3) is 0 Å². The normalized spacial score (nSPS) is 12.6. The molecule has 2 N–H and O–H groups in total. The molecule has 0 fully saturated rings. The molecular formula is C22H26N2O5S. The summed E-state index contributed by atoms with van der Waals surface area (Å²) in [6.45, 7) is 2.65. The van der Waals surface area contributed by atoms with Crippen LogP contribution in [0.1, 0.15) is 25.3 Å². The molecule has 0 aliphatic rings. The number of fused-ring (bicyclic) bond motifs is 1. The van der Waals surface area contributed by atoms with Crippen molar-refractivity contribution in [3.63, 3.8) is 0 Å². The molecular weight excluding hydrogens is 404 g/mol. The maximum atomic E-state index is 12.9. The van der Waals surface area contributed by atoms with Crippen LogP contribution in [0.3, 0.4) is 0 Å². The molecule has 1 atom stereocenters. The maximum absolute atomic E-state index is 12.9. The number of rotatable bonds is 10. The minimum atomic E-state index is -3.93. The molecule has 0 spiro atoms. The molecule has 3 rings (SSSR count). The van der Waals surface area contributed by atoms with Crippen LogP contribution in [-0.2, 0) is 26.0 Å². The van der Waals surface area contributed by atoms with Gasteiger partial charge >= 0.3 is 5.97 Å². The van der Waals surface area contributed by atoms with Crippen LogP contribution in [0.25, 0.3) is 10.9 Å². The van der Waals surface area contributed by atoms with Crippen molar-refractivity contribution in [2.24, 2.45) is 0 Å². The van der Waals surface area contributed by atoms with Gasteiger partial charge in [0.15, 0.2) is 0 Å². The highest BCUT2D eigenvalue weighted by Gasteiger charge is 2.27. The molecule has 3 aromatic rings. The summed E-state index contributed by atoms with van der Waals surface area (Å²) in [6.07, 6.45) is 3.88. The Morgan fingerprint density at radius 2 is 1.87 bits per heavy atom. The van der Waals surface area contributed by atoms with E-state index in [2.05, 4.69) is 16.6 Å². The fourth-order valence-electron chi connectivity index (χ4n) is 3.14. The lowest BCUT2D eigenvalue weighted by Gasteiger charge is -2.17. The van der Waals surface area contributed by atoms with Crippen LogP contribution in [-0.4, -0.2) is 39.1 Å². The van der Waals surface area contributed by atoms with Gasteiger partial charge in [-0.1, -0.05) is 31.5 Å². The largest absolute Gasteiger partial charge is 0.494 e. The van der Waals surface area contributed by atoms with Crippen molar-refractivity contribution in [2.45, 2.75) is 37.1 Å². The first kappa shape index (κ1) is 21.9. The van der Waals surface area contributed by atoms with E-state index in [9.17, 15) is 13.2 Å². The third kappa shape index (κ3) is 5.20. The van der Waals surface area contributed by atoms with E-state index in [0.717, 1.165) is 29.3 Å². The molecule has 160 valence electrons. The van der Waals surface area contributed by atoms with Gasteiger partial charge in [0.2, 0.25) is 10.0 Å². The number of ether oxygens (including phenoxy) is 2. The summed E-state index contributed by atoms with van der Waals surface area (Å²) in [5, 5.41) is 0.930. The van der Waals surface area contributed by atoms with Gasteiger partial charge in [-0.2, -0.15) is 4.72 Å². The molecule has 0 aliphatic carbocycles. The third-order valence-corrected chi connectivity index (χ3v) is 6.27. The van der Waals surface area contributed by atoms with Crippen molar-refractivity contribution in [1.29, 1.82) is 0 Å². The van der Waals surface area contributed by atoms with E-state index in [1.165, 1.54) is 19.2 Å². The zero-order valence-electron chi connectivity index (χ0n) is 17.1. The summed E-state index contributed by atoms with van der Waals surface area (Å²) >= 11 is 0. The lowest BCUT2D eigenvalue weighted by atomic mass is 10.1. The lowest BCUT2D eigenvalue weighted by Crippen LogP contribution is -2.42. The van der Waals surface area contributed by atoms with Crippen LogP contribution in [0.15, 0.2) is 59.6 Å². The molecule has 2 aromatic carbocycles. The Bertz CT molecular complexity index is 1090. The predicted octanol–water partition coefficient (Wildman–Crippen LogP) is 3.41. The molecule has 0 unspecified atom stereocenters. The standard InChI is InChI=1S/C22H26N2O5S/c1-3-4-13-29-17-9-11-18(12-10-17)30(26,27)24-21(22(25)28-2)14-16-15-23-20-8-6-5-7-19(16)20/h5-12,15,21,23-24H,3-4,13-14H2,1-2H3/t21-/m0/s1. The van der Waals surface area contributed by atoms with Crippen molar-refractivity contribution in [3.8, 4) is 5.75 Å². The summed E-state index contributed by atoms with van der Waals surface area (Å²) in [5.41, 5.74) is 1.74. The van der Waals surface area contributed by atoms with E-state index in [1.807, 2.05) is 24.3 Å². The minimum absolute atomic E-state index is 0.0539. The number of hydrogen-bond acceptors (Lipinski definition) is 5. The van der Waals surface area contributed by atoms with Crippen molar-refractivity contribution < 1.29 is 22.7 Å². The van der Waals surface area contributed by atoms with Gasteiger partial charge in [-0.15, -0.1) is 0 Å². The molecule has 7 nitrogen and oxygen atoms in total. The molecule has 8 heteroatoms. The topological polar surface area (TPSA) is 97.5 Å². The first-order valence-electron chi connectivity index (χ1n) is 9.82. The second-order valence-electron chi connectivity index (χ2n) is 6.93. The first-order chi connectivity index (χ1) is 14.4. The predicted molar refractivity (Wildman–Crippen MR) is 115 cm³/mol. The maximum Gasteiger partial charge on any atom is 0.324 e. The first-order valence-corrected chi connectivity index (χ1v) is 11.3. The average Bonchev–Trinajstić information content (AvgIpc) is 3.16. The van der Waals surface area contributed by atoms with Gasteiger partial charge in [-0.25, -0.2) is 8.42 Å². The Balaban J connectivity index is 1.77. The number of carbonyl (C=O) groups excluding carboxylic acids is 1. The summed E-state index contributed by atoms with van der Waals surface area (Å²) in [7, 11) is -2.69. The van der Waals surface area contributed by atoms with Gasteiger partial charge in [0, 0.05) is 23.5 Å². The third-order valence-electron chi connectivity index (χ3n) is 4.78. The number of nitrogens with one attached hydrogen (secondary N) is 2. The number of esters is 1. The van der Waals surface area contributed by atoms with E-state index < -0.39 is 22.0 Å². The second-order valence-corrected chi connectivity index (χ2v) is 8.65. The molecule has 30 heavy (non-hydrogen) atoms. The Morgan fingerprint density at radius 1 is 1.13 bits per heavy atom. The van der Waals surface area contributed by atoms with Crippen LogP contribution in [0.2, 0.25) is 0 Å². The monoisotopic (exact) mass is 430 g/mol. The Hall–Kier alpha value is -2.84. The van der Waals surface area contributed by atoms with Crippen molar-refractivity contribution in [3.05, 3.63) is 60.3 Å². The van der Waals surface area contributed by atoms with E-state index in [4.69, 9.17) is 9.47 Å². The number of unbranched alkanes of at least 4 members (excludes halogenated alkanes) is 1. The van der Waals surface area contributed by atoms with E-state index in [1.54, 1.807) is 18.3 Å². The molecule has 1 heterocycles. The summed E-state index contributed by atoms with van der Waals surface area (Å²) in [6, 6.07) is 12.7. The fourth-order valence-corrected chi connectivity index (χ4v) is 4.33. The Kier molecular flexibility index (Phi) is 7.12. The zero-order valence-corrected chi connectivity index (χ0v) is 17.9. The summed E-state index contributed by atoms with van der Waals surface area (Å²) < 4.78 is 38.6. The van der Waals surface area contributed by atoms with Crippen LogP contribution >= 0.6 is 0 Å². The Morgan fingerprint density at radius 3 is 2.57 bits per heavy atom. The van der Waals surface area contributed by atoms with Gasteiger partial charge in [-0.05, 0) is 42.3 Å². The van der Waals surface area contributed by atoms with Crippen LogP contribution in [0.4, 0.5) is 0 Å². The molecule has 0 bridgehead atoms. The SMILES string of the molecule is CCCCOc1ccc(S(=O)(=O)N[C@@H](Cc2c[nH]c3ccccc23)C(=O)OC)cc1. The number of methoxy groups -OCH3 is 1. The van der Waals surface area contributed by atoms with Crippen molar-refractivity contribution in [1.82, 2.24) is 9.71 Å². The highest BCUT2D eigenvalue weighted by atomic mass is 32.2. The van der Waals surface area contributed by atoms with Crippen molar-refractivity contribution in [2.75, 3.05) is 13.7 Å². The van der Waals surface area contributed by atoms with Gasteiger partial charge in [0.05, 0.1) is 18.6 Å². The van der Waals surface area contributed by atoms with E-state index in [-0.39, 0.29) is 11.3 Å². The molecule has 0 aliphatic heterocycles. The number of aromatic amines is 1. The Labute approximate surface area is 176 Å². The minimum Gasteiger partial charge on any atom is -0.494 e. The number of hydrogen-bond donors (Lipinski definition) is 2. The average molecular weight is 431 g/mol. The molecule has 0 saturated heterocycles. The number of carbonyl (C=O) groups is 1. The highest BCUT2D eigenvalue weighted by molar-refractivity contribution is 7.89. The number of H-pyrrole nitrogens is 1. The van der Waals surface area contributed by atoms with Gasteiger partial charge in [0.1, 0.15) is 11.8 Å². The lowest BCUT2D eigenvalue weighted by molar-refractivity contribution is -0.142. The number of benzene rings is 2. The van der Waals surface area contributed by atoms with Crippen LogP contribution < -0.4 is 9.46 Å². The van der Waals surface area contributed by atoms with Crippen LogP contribution in [0.5, 0.6) is 5.75 Å². The summed E-state index contributed by atoms with van der Waals surface area (Å²) in [5.74, 6) is -0.0471.